The minimum atomic E-state index is -2.91. The first-order valence-corrected chi connectivity index (χ1v) is 13.0. The third-order valence-corrected chi connectivity index (χ3v) is 8.70. The van der Waals surface area contributed by atoms with E-state index in [4.69, 9.17) is 9.47 Å². The Morgan fingerprint density at radius 3 is 2.23 bits per heavy atom. The van der Waals surface area contributed by atoms with Gasteiger partial charge in [0.2, 0.25) is 0 Å². The van der Waals surface area contributed by atoms with Gasteiger partial charge in [-0.25, -0.2) is 8.78 Å². The Labute approximate surface area is 207 Å². The third-order valence-electron chi connectivity index (χ3n) is 8.70. The third kappa shape index (κ3) is 4.79. The molecule has 0 unspecified atom stereocenters. The summed E-state index contributed by atoms with van der Waals surface area (Å²) in [6.07, 6.45) is 6.03. The molecule has 0 radical (unpaired) electrons. The first kappa shape index (κ1) is 24.5. The number of phenols is 1. The molecule has 35 heavy (non-hydrogen) atoms. The molecule has 2 aromatic rings. The van der Waals surface area contributed by atoms with Crippen LogP contribution in [0.1, 0.15) is 67.6 Å². The number of fused-ring (bicyclic) bond motifs is 1. The molecule has 1 saturated heterocycles. The number of rotatable bonds is 6. The van der Waals surface area contributed by atoms with Crippen molar-refractivity contribution >= 4 is 5.69 Å². The lowest BCUT2D eigenvalue weighted by atomic mass is 9.65. The molecule has 0 spiro atoms. The average molecular weight is 486 g/mol. The summed E-state index contributed by atoms with van der Waals surface area (Å²) in [6.45, 7) is 1.88. The normalized spacial score (nSPS) is 25.2. The van der Waals surface area contributed by atoms with Crippen LogP contribution in [0.4, 0.5) is 14.5 Å². The van der Waals surface area contributed by atoms with Crippen molar-refractivity contribution in [3.05, 3.63) is 59.2 Å². The van der Waals surface area contributed by atoms with Crippen LogP contribution in [0.2, 0.25) is 0 Å². The highest BCUT2D eigenvalue weighted by atomic mass is 19.3. The number of nitrogens with zero attached hydrogens (tertiary/aromatic N) is 1. The summed E-state index contributed by atoms with van der Waals surface area (Å²) >= 11 is 0. The Kier molecular flexibility index (Phi) is 7.04. The first-order valence-electron chi connectivity index (χ1n) is 13.0. The van der Waals surface area contributed by atoms with Crippen molar-refractivity contribution in [3.8, 4) is 5.75 Å². The Morgan fingerprint density at radius 2 is 1.60 bits per heavy atom. The van der Waals surface area contributed by atoms with E-state index in [9.17, 15) is 5.11 Å². The van der Waals surface area contributed by atoms with Gasteiger partial charge in [0.15, 0.2) is 6.29 Å². The highest BCUT2D eigenvalue weighted by molar-refractivity contribution is 5.52. The highest BCUT2D eigenvalue weighted by Crippen LogP contribution is 2.55. The Morgan fingerprint density at radius 1 is 0.943 bits per heavy atom. The fourth-order valence-corrected chi connectivity index (χ4v) is 6.94. The topological polar surface area (TPSA) is 41.9 Å². The van der Waals surface area contributed by atoms with Crippen molar-refractivity contribution in [2.75, 3.05) is 32.2 Å². The number of aromatic hydroxyl groups is 1. The smallest absolute Gasteiger partial charge is 0.274 e. The fraction of sp³-hybridized carbons (Fsp3) is 0.586. The number of ether oxygens (including phenoxy) is 2. The van der Waals surface area contributed by atoms with Crippen molar-refractivity contribution in [1.29, 1.82) is 0 Å². The number of halogens is 2. The zero-order valence-corrected chi connectivity index (χ0v) is 20.8. The molecule has 4 nitrogen and oxygen atoms in total. The van der Waals surface area contributed by atoms with E-state index in [2.05, 4.69) is 29.2 Å². The minimum absolute atomic E-state index is 0.00580. The summed E-state index contributed by atoms with van der Waals surface area (Å²) in [5.41, 5.74) is 2.94. The van der Waals surface area contributed by atoms with E-state index in [-0.39, 0.29) is 35.9 Å². The molecule has 2 aliphatic carbocycles. The molecule has 3 aliphatic rings. The van der Waals surface area contributed by atoms with Crippen molar-refractivity contribution in [1.82, 2.24) is 0 Å². The largest absolute Gasteiger partial charge is 0.508 e. The fourth-order valence-electron chi connectivity index (χ4n) is 6.94. The Balaban J connectivity index is 1.41. The van der Waals surface area contributed by atoms with E-state index in [0.29, 0.717) is 17.4 Å². The van der Waals surface area contributed by atoms with E-state index in [1.54, 1.807) is 26.4 Å². The van der Waals surface area contributed by atoms with Crippen LogP contribution in [0.5, 0.6) is 5.75 Å². The van der Waals surface area contributed by atoms with Crippen molar-refractivity contribution in [3.63, 3.8) is 0 Å². The molecule has 6 heteroatoms. The maximum absolute atomic E-state index is 15.3. The molecule has 5 rings (SSSR count). The molecule has 1 aliphatic heterocycles. The molecule has 0 aromatic heterocycles. The molecule has 2 aromatic carbocycles. The molecular weight excluding hydrogens is 448 g/mol. The second kappa shape index (κ2) is 10.1. The van der Waals surface area contributed by atoms with Crippen LogP contribution < -0.4 is 4.90 Å². The van der Waals surface area contributed by atoms with E-state index >= 15 is 8.78 Å². The molecule has 1 heterocycles. The van der Waals surface area contributed by atoms with Gasteiger partial charge in [0.25, 0.3) is 5.92 Å². The molecule has 0 amide bonds. The standard InChI is InChI=1S/C29H37F2NO3/c1-34-28(35-2)21-13-15-32(16-14-21)22-9-7-20(8-10-22)27-24-12-11-23(33)17-26(24)29(30,31)18-25(27)19-5-3-4-6-19/h7-12,17,19,21,25,27-28,33H,3-6,13-16,18H2,1-2H3/t25-,27-/m1/s1. The van der Waals surface area contributed by atoms with Crippen LogP contribution in [0.25, 0.3) is 0 Å². The van der Waals surface area contributed by atoms with Gasteiger partial charge in [-0.05, 0) is 60.1 Å². The zero-order valence-electron chi connectivity index (χ0n) is 20.8. The van der Waals surface area contributed by atoms with Gasteiger partial charge in [0.05, 0.1) is 0 Å². The summed E-state index contributed by atoms with van der Waals surface area (Å²) in [5, 5.41) is 9.97. The maximum atomic E-state index is 15.3. The van der Waals surface area contributed by atoms with Gasteiger partial charge < -0.3 is 19.5 Å². The lowest BCUT2D eigenvalue weighted by Crippen LogP contribution is -2.39. The predicted molar refractivity (Wildman–Crippen MR) is 133 cm³/mol. The molecule has 2 fully saturated rings. The van der Waals surface area contributed by atoms with Gasteiger partial charge in [-0.3, -0.25) is 0 Å². The SMILES string of the molecule is COC(OC)C1CCN(c2ccc([C@@H]3c4ccc(O)cc4C(F)(F)C[C@@H]3C3CCCC3)cc2)CC1. The summed E-state index contributed by atoms with van der Waals surface area (Å²) in [7, 11) is 3.39. The Hall–Kier alpha value is -2.18. The molecule has 1 N–H and O–H groups in total. The Bertz CT molecular complexity index is 993. The second-order valence-electron chi connectivity index (χ2n) is 10.6. The minimum Gasteiger partial charge on any atom is -0.508 e. The average Bonchev–Trinajstić information content (AvgIpc) is 3.41. The van der Waals surface area contributed by atoms with E-state index in [1.807, 2.05) is 0 Å². The van der Waals surface area contributed by atoms with Crippen molar-refractivity contribution < 1.29 is 23.4 Å². The van der Waals surface area contributed by atoms with Crippen LogP contribution in [-0.2, 0) is 15.4 Å². The summed E-state index contributed by atoms with van der Waals surface area (Å²) in [6, 6.07) is 13.1. The second-order valence-corrected chi connectivity index (χ2v) is 10.6. The van der Waals surface area contributed by atoms with E-state index in [0.717, 1.165) is 57.2 Å². The van der Waals surface area contributed by atoms with Gasteiger partial charge in [-0.1, -0.05) is 43.9 Å². The van der Waals surface area contributed by atoms with Crippen LogP contribution >= 0.6 is 0 Å². The predicted octanol–water partition coefficient (Wildman–Crippen LogP) is 6.66. The number of methoxy groups -OCH3 is 2. The van der Waals surface area contributed by atoms with E-state index in [1.165, 1.54) is 11.8 Å². The van der Waals surface area contributed by atoms with Gasteiger partial charge in [-0.2, -0.15) is 0 Å². The van der Waals surface area contributed by atoms with Crippen LogP contribution in [-0.4, -0.2) is 38.7 Å². The monoisotopic (exact) mass is 485 g/mol. The van der Waals surface area contributed by atoms with Gasteiger partial charge in [0.1, 0.15) is 5.75 Å². The molecular formula is C29H37F2NO3. The molecule has 0 bridgehead atoms. The zero-order chi connectivity index (χ0) is 24.6. The number of anilines is 1. The molecule has 2 atom stereocenters. The van der Waals surface area contributed by atoms with Crippen molar-refractivity contribution in [2.45, 2.75) is 63.1 Å². The van der Waals surface area contributed by atoms with Crippen molar-refractivity contribution in [2.24, 2.45) is 17.8 Å². The van der Waals surface area contributed by atoms with Gasteiger partial charge >= 0.3 is 0 Å². The summed E-state index contributed by atoms with van der Waals surface area (Å²) < 4.78 is 41.5. The number of hydrogen-bond donors (Lipinski definition) is 1. The van der Waals surface area contributed by atoms with Crippen LogP contribution in [0, 0.1) is 17.8 Å². The number of benzene rings is 2. The quantitative estimate of drug-likeness (QED) is 0.465. The summed E-state index contributed by atoms with van der Waals surface area (Å²) in [4.78, 5) is 2.39. The number of piperidine rings is 1. The first-order chi connectivity index (χ1) is 16.9. The van der Waals surface area contributed by atoms with Crippen LogP contribution in [0.3, 0.4) is 0 Å². The molecule has 1 saturated carbocycles. The van der Waals surface area contributed by atoms with E-state index < -0.39 is 5.92 Å². The lowest BCUT2D eigenvalue weighted by molar-refractivity contribution is -0.141. The highest BCUT2D eigenvalue weighted by Gasteiger charge is 2.49. The van der Waals surface area contributed by atoms with Crippen LogP contribution in [0.15, 0.2) is 42.5 Å². The van der Waals surface area contributed by atoms with Gasteiger partial charge in [-0.15, -0.1) is 0 Å². The number of phenolic OH excluding ortho intramolecular Hbond substituents is 1. The number of alkyl halides is 2. The lowest BCUT2D eigenvalue weighted by Gasteiger charge is -2.41. The number of hydrogen-bond acceptors (Lipinski definition) is 4. The van der Waals surface area contributed by atoms with Gasteiger partial charge in [0, 0.05) is 56.8 Å². The summed E-state index contributed by atoms with van der Waals surface area (Å²) in [5.74, 6) is -2.46. The molecule has 190 valence electrons. The maximum Gasteiger partial charge on any atom is 0.274 e.